The Morgan fingerprint density at radius 1 is 1.35 bits per heavy atom. The number of amides is 1. The molecule has 7 nitrogen and oxygen atoms in total. The molecule has 26 heavy (non-hydrogen) atoms. The van der Waals surface area contributed by atoms with Crippen LogP contribution in [0.1, 0.15) is 11.5 Å². The quantitative estimate of drug-likeness (QED) is 0.338. The SMILES string of the molecule is COCCOCSc1nc2ccc(NC(=O)Cc3cc(C)no3)cc2s1. The molecule has 0 fully saturated rings. The van der Waals surface area contributed by atoms with Gasteiger partial charge in [-0.25, -0.2) is 4.98 Å². The highest BCUT2D eigenvalue weighted by atomic mass is 32.2. The van der Waals surface area contributed by atoms with Crippen molar-refractivity contribution in [3.8, 4) is 0 Å². The van der Waals surface area contributed by atoms with Crippen molar-refractivity contribution in [3.63, 3.8) is 0 Å². The Morgan fingerprint density at radius 2 is 2.23 bits per heavy atom. The number of carbonyl (C=O) groups is 1. The lowest BCUT2D eigenvalue weighted by molar-refractivity contribution is -0.115. The summed E-state index contributed by atoms with van der Waals surface area (Å²) in [4.78, 5) is 16.7. The molecule has 0 aliphatic heterocycles. The van der Waals surface area contributed by atoms with Crippen LogP contribution in [0, 0.1) is 6.92 Å². The van der Waals surface area contributed by atoms with Gasteiger partial charge in [0.1, 0.15) is 5.76 Å². The highest BCUT2D eigenvalue weighted by Crippen LogP contribution is 2.31. The number of ether oxygens (including phenoxy) is 2. The van der Waals surface area contributed by atoms with Crippen LogP contribution < -0.4 is 5.32 Å². The van der Waals surface area contributed by atoms with Gasteiger partial charge in [0.05, 0.1) is 41.5 Å². The second-order valence-corrected chi connectivity index (χ2v) is 7.69. The highest BCUT2D eigenvalue weighted by molar-refractivity contribution is 8.01. The predicted octanol–water partition coefficient (Wildman–Crippen LogP) is 3.49. The lowest BCUT2D eigenvalue weighted by atomic mass is 10.2. The number of methoxy groups -OCH3 is 1. The molecule has 0 bridgehead atoms. The van der Waals surface area contributed by atoms with E-state index in [0.29, 0.717) is 24.9 Å². The summed E-state index contributed by atoms with van der Waals surface area (Å²) in [5, 5.41) is 6.65. The molecule has 1 aromatic carbocycles. The minimum absolute atomic E-state index is 0.147. The summed E-state index contributed by atoms with van der Waals surface area (Å²) in [6, 6.07) is 7.42. The zero-order chi connectivity index (χ0) is 18.4. The first-order valence-corrected chi connectivity index (χ1v) is 9.76. The molecule has 0 saturated carbocycles. The summed E-state index contributed by atoms with van der Waals surface area (Å²) in [5.41, 5.74) is 2.39. The number of benzene rings is 1. The number of fused-ring (bicyclic) bond motifs is 1. The summed E-state index contributed by atoms with van der Waals surface area (Å²) >= 11 is 3.11. The maximum absolute atomic E-state index is 12.1. The molecule has 0 aliphatic rings. The van der Waals surface area contributed by atoms with Gasteiger partial charge >= 0.3 is 0 Å². The number of anilines is 1. The molecule has 138 valence electrons. The lowest BCUT2D eigenvalue weighted by Gasteiger charge is -2.03. The number of thiazole rings is 1. The molecular formula is C17H19N3O4S2. The molecule has 1 amide bonds. The van der Waals surface area contributed by atoms with E-state index in [4.69, 9.17) is 14.0 Å². The van der Waals surface area contributed by atoms with E-state index < -0.39 is 0 Å². The molecular weight excluding hydrogens is 374 g/mol. The van der Waals surface area contributed by atoms with Crippen molar-refractivity contribution >= 4 is 44.9 Å². The topological polar surface area (TPSA) is 86.5 Å². The number of nitrogens with zero attached hydrogens (tertiary/aromatic N) is 2. The first-order chi connectivity index (χ1) is 12.6. The molecule has 3 aromatic rings. The van der Waals surface area contributed by atoms with Crippen LogP contribution in [-0.4, -0.2) is 42.3 Å². The van der Waals surface area contributed by atoms with Gasteiger partial charge in [-0.3, -0.25) is 4.79 Å². The zero-order valence-corrected chi connectivity index (χ0v) is 16.1. The van der Waals surface area contributed by atoms with Crippen LogP contribution in [0.4, 0.5) is 5.69 Å². The first kappa shape index (κ1) is 18.8. The van der Waals surface area contributed by atoms with Crippen LogP contribution in [0.2, 0.25) is 0 Å². The van der Waals surface area contributed by atoms with Gasteiger partial charge in [-0.15, -0.1) is 11.3 Å². The van der Waals surface area contributed by atoms with Crippen molar-refractivity contribution in [2.24, 2.45) is 0 Å². The van der Waals surface area contributed by atoms with Crippen molar-refractivity contribution in [3.05, 3.63) is 35.7 Å². The second-order valence-electron chi connectivity index (χ2n) is 5.49. The van der Waals surface area contributed by atoms with E-state index in [9.17, 15) is 4.79 Å². The van der Waals surface area contributed by atoms with Crippen LogP contribution in [0.5, 0.6) is 0 Å². The number of carbonyl (C=O) groups excluding carboxylic acids is 1. The average Bonchev–Trinajstić information content (AvgIpc) is 3.19. The third-order valence-electron chi connectivity index (χ3n) is 3.36. The van der Waals surface area contributed by atoms with Gasteiger partial charge in [-0.05, 0) is 25.1 Å². The van der Waals surface area contributed by atoms with E-state index in [1.165, 1.54) is 0 Å². The maximum Gasteiger partial charge on any atom is 0.232 e. The number of rotatable bonds is 9. The van der Waals surface area contributed by atoms with Crippen molar-refractivity contribution in [2.75, 3.05) is 31.6 Å². The van der Waals surface area contributed by atoms with Gasteiger partial charge in [-0.1, -0.05) is 16.9 Å². The number of thioether (sulfide) groups is 1. The summed E-state index contributed by atoms with van der Waals surface area (Å²) in [6.45, 7) is 2.97. The molecule has 0 saturated heterocycles. The van der Waals surface area contributed by atoms with Crippen LogP contribution in [0.25, 0.3) is 10.2 Å². The Kier molecular flexibility index (Phi) is 6.62. The van der Waals surface area contributed by atoms with Crippen LogP contribution in [0.3, 0.4) is 0 Å². The third-order valence-corrected chi connectivity index (χ3v) is 5.40. The molecule has 9 heteroatoms. The molecule has 0 atom stereocenters. The fraction of sp³-hybridized carbons (Fsp3) is 0.353. The summed E-state index contributed by atoms with van der Waals surface area (Å²) < 4.78 is 17.4. The molecule has 0 spiro atoms. The van der Waals surface area contributed by atoms with Gasteiger partial charge in [0, 0.05) is 18.9 Å². The third kappa shape index (κ3) is 5.28. The molecule has 3 rings (SSSR count). The molecule has 0 unspecified atom stereocenters. The largest absolute Gasteiger partial charge is 0.382 e. The van der Waals surface area contributed by atoms with Gasteiger partial charge in [0.15, 0.2) is 4.34 Å². The Morgan fingerprint density at radius 3 is 3.00 bits per heavy atom. The highest BCUT2D eigenvalue weighted by Gasteiger charge is 2.10. The summed E-state index contributed by atoms with van der Waals surface area (Å²) in [7, 11) is 1.65. The number of aryl methyl sites for hydroxylation is 1. The van der Waals surface area contributed by atoms with E-state index in [1.54, 1.807) is 36.3 Å². The van der Waals surface area contributed by atoms with Crippen molar-refractivity contribution in [1.29, 1.82) is 0 Å². The van der Waals surface area contributed by atoms with Crippen molar-refractivity contribution < 1.29 is 18.8 Å². The van der Waals surface area contributed by atoms with Gasteiger partial charge < -0.3 is 19.3 Å². The minimum atomic E-state index is -0.147. The Bertz CT molecular complexity index is 878. The van der Waals surface area contributed by atoms with Crippen molar-refractivity contribution in [2.45, 2.75) is 17.7 Å². The van der Waals surface area contributed by atoms with Crippen LogP contribution >= 0.6 is 23.1 Å². The van der Waals surface area contributed by atoms with Crippen LogP contribution in [0.15, 0.2) is 33.1 Å². The van der Waals surface area contributed by atoms with Gasteiger partial charge in [0.2, 0.25) is 5.91 Å². The first-order valence-electron chi connectivity index (χ1n) is 7.96. The fourth-order valence-corrected chi connectivity index (χ4v) is 4.05. The number of hydrogen-bond acceptors (Lipinski definition) is 8. The Hall–Kier alpha value is -1.94. The lowest BCUT2D eigenvalue weighted by Crippen LogP contribution is -2.13. The van der Waals surface area contributed by atoms with E-state index in [2.05, 4.69) is 15.5 Å². The van der Waals surface area contributed by atoms with Crippen molar-refractivity contribution in [1.82, 2.24) is 10.1 Å². The minimum Gasteiger partial charge on any atom is -0.382 e. The number of aromatic nitrogens is 2. The second kappa shape index (κ2) is 9.13. The van der Waals surface area contributed by atoms with Gasteiger partial charge in [-0.2, -0.15) is 0 Å². The van der Waals surface area contributed by atoms with Crippen LogP contribution in [-0.2, 0) is 20.7 Å². The normalized spacial score (nSPS) is 11.2. The maximum atomic E-state index is 12.1. The molecule has 0 aliphatic carbocycles. The van der Waals surface area contributed by atoms with E-state index in [0.717, 1.165) is 25.9 Å². The number of hydrogen-bond donors (Lipinski definition) is 1. The summed E-state index contributed by atoms with van der Waals surface area (Å²) in [6.07, 6.45) is 0.154. The predicted molar refractivity (Wildman–Crippen MR) is 102 cm³/mol. The smallest absolute Gasteiger partial charge is 0.232 e. The average molecular weight is 393 g/mol. The Labute approximate surface area is 159 Å². The fourth-order valence-electron chi connectivity index (χ4n) is 2.20. The molecule has 2 heterocycles. The Balaban J connectivity index is 1.57. The van der Waals surface area contributed by atoms with Gasteiger partial charge in [0.25, 0.3) is 0 Å². The zero-order valence-electron chi connectivity index (χ0n) is 14.5. The number of nitrogens with one attached hydrogen (secondary N) is 1. The summed E-state index contributed by atoms with van der Waals surface area (Å²) in [5.74, 6) is 0.931. The monoisotopic (exact) mass is 393 g/mol. The van der Waals surface area contributed by atoms with E-state index >= 15 is 0 Å². The van der Waals surface area contributed by atoms with E-state index in [-0.39, 0.29) is 12.3 Å². The van der Waals surface area contributed by atoms with E-state index in [1.807, 2.05) is 25.1 Å². The molecule has 2 aromatic heterocycles. The molecule has 1 N–H and O–H groups in total. The molecule has 0 radical (unpaired) electrons. The standard InChI is InChI=1S/C17H19N3O4S2/c1-11-7-13(24-20-11)9-16(21)18-12-3-4-14-15(8-12)26-17(19-14)25-10-23-6-5-22-2/h3-4,7-8H,5-6,9-10H2,1-2H3,(H,18,21).